The van der Waals surface area contributed by atoms with Gasteiger partial charge in [0.25, 0.3) is 5.91 Å². The molecule has 84 valence electrons. The predicted octanol–water partition coefficient (Wildman–Crippen LogP) is 2.63. The van der Waals surface area contributed by atoms with Crippen molar-refractivity contribution in [1.29, 1.82) is 0 Å². The number of nitrogens with one attached hydrogen (secondary N) is 1. The molecule has 3 nitrogen and oxygen atoms in total. The molecule has 0 unspecified atom stereocenters. The Morgan fingerprint density at radius 1 is 1.62 bits per heavy atom. The van der Waals surface area contributed by atoms with Crippen LogP contribution in [0.15, 0.2) is 23.2 Å². The van der Waals surface area contributed by atoms with E-state index in [2.05, 4.69) is 4.98 Å². The van der Waals surface area contributed by atoms with Gasteiger partial charge in [-0.1, -0.05) is 30.9 Å². The van der Waals surface area contributed by atoms with Gasteiger partial charge in [-0.25, -0.2) is 0 Å². The topological polar surface area (TPSA) is 36.1 Å². The van der Waals surface area contributed by atoms with Gasteiger partial charge in [-0.15, -0.1) is 0 Å². The van der Waals surface area contributed by atoms with E-state index in [-0.39, 0.29) is 5.91 Å². The predicted molar refractivity (Wildman–Crippen MR) is 71.0 cm³/mol. The zero-order valence-corrected chi connectivity index (χ0v) is 10.5. The number of carbonyl (C=O) groups excluding carboxylic acids is 1. The largest absolute Gasteiger partial charge is 0.362 e. The van der Waals surface area contributed by atoms with Crippen LogP contribution in [0.25, 0.3) is 6.08 Å². The number of amides is 1. The van der Waals surface area contributed by atoms with Crippen molar-refractivity contribution in [1.82, 2.24) is 9.88 Å². The van der Waals surface area contributed by atoms with Crippen LogP contribution < -0.4 is 0 Å². The van der Waals surface area contributed by atoms with Crippen LogP contribution in [-0.4, -0.2) is 26.7 Å². The van der Waals surface area contributed by atoms with Crippen LogP contribution in [0, 0.1) is 0 Å². The Kier molecular flexibility index (Phi) is 3.46. The first-order valence-electron chi connectivity index (χ1n) is 5.11. The lowest BCUT2D eigenvalue weighted by Crippen LogP contribution is -2.28. The van der Waals surface area contributed by atoms with E-state index in [1.54, 1.807) is 4.90 Å². The van der Waals surface area contributed by atoms with Gasteiger partial charge in [-0.2, -0.15) is 0 Å². The lowest BCUT2D eigenvalue weighted by Gasteiger charge is -2.11. The van der Waals surface area contributed by atoms with Crippen molar-refractivity contribution >= 4 is 40.3 Å². The van der Waals surface area contributed by atoms with Crippen molar-refractivity contribution in [3.8, 4) is 0 Å². The minimum atomic E-state index is 0.0199. The van der Waals surface area contributed by atoms with E-state index in [0.29, 0.717) is 15.8 Å². The average molecular weight is 252 g/mol. The molecule has 1 fully saturated rings. The van der Waals surface area contributed by atoms with Gasteiger partial charge in [0.2, 0.25) is 0 Å². The van der Waals surface area contributed by atoms with E-state index in [0.717, 1.165) is 12.1 Å². The van der Waals surface area contributed by atoms with E-state index < -0.39 is 0 Å². The van der Waals surface area contributed by atoms with Crippen LogP contribution in [0.2, 0.25) is 0 Å². The fourth-order valence-corrected chi connectivity index (χ4v) is 2.79. The molecule has 1 aliphatic heterocycles. The Morgan fingerprint density at radius 3 is 3.06 bits per heavy atom. The number of thiocarbonyl (C=S) groups is 1. The van der Waals surface area contributed by atoms with Gasteiger partial charge in [-0.05, 0) is 24.6 Å². The van der Waals surface area contributed by atoms with Gasteiger partial charge in [0, 0.05) is 18.4 Å². The zero-order valence-electron chi connectivity index (χ0n) is 8.90. The van der Waals surface area contributed by atoms with E-state index in [9.17, 15) is 4.79 Å². The number of aromatic amines is 1. The van der Waals surface area contributed by atoms with Crippen LogP contribution in [0.5, 0.6) is 0 Å². The van der Waals surface area contributed by atoms with Gasteiger partial charge in [0.1, 0.15) is 4.32 Å². The van der Waals surface area contributed by atoms with E-state index in [4.69, 9.17) is 12.2 Å². The quantitative estimate of drug-likeness (QED) is 0.663. The Labute approximate surface area is 104 Å². The average Bonchev–Trinajstić information content (AvgIpc) is 2.84. The number of hydrogen-bond acceptors (Lipinski definition) is 3. The van der Waals surface area contributed by atoms with Crippen LogP contribution in [0.3, 0.4) is 0 Å². The summed E-state index contributed by atoms with van der Waals surface area (Å²) in [5.74, 6) is 0.0199. The highest BCUT2D eigenvalue weighted by Crippen LogP contribution is 2.32. The summed E-state index contributed by atoms with van der Waals surface area (Å²) in [4.78, 5) is 17.4. The first-order valence-corrected chi connectivity index (χ1v) is 6.33. The second kappa shape index (κ2) is 4.84. The van der Waals surface area contributed by atoms with Gasteiger partial charge < -0.3 is 4.98 Å². The van der Waals surface area contributed by atoms with Gasteiger partial charge in [0.05, 0.1) is 4.91 Å². The maximum absolute atomic E-state index is 12.0. The minimum Gasteiger partial charge on any atom is -0.362 e. The van der Waals surface area contributed by atoms with E-state index >= 15 is 0 Å². The van der Waals surface area contributed by atoms with Gasteiger partial charge >= 0.3 is 0 Å². The SMILES string of the molecule is CCCN1C(=O)/C(=C/c2ccc[nH]2)SC1=S. The number of thioether (sulfide) groups is 1. The number of rotatable bonds is 3. The van der Waals surface area contributed by atoms with Crippen LogP contribution >= 0.6 is 24.0 Å². The van der Waals surface area contributed by atoms with Crippen LogP contribution in [-0.2, 0) is 4.79 Å². The summed E-state index contributed by atoms with van der Waals surface area (Å²) in [5, 5.41) is 0. The third kappa shape index (κ3) is 2.20. The standard InChI is InChI=1S/C11H12N2OS2/c1-2-6-13-10(14)9(16-11(13)15)7-8-4-3-5-12-8/h3-5,7,12H,2,6H2,1H3/b9-7-. The highest BCUT2D eigenvalue weighted by atomic mass is 32.2. The summed E-state index contributed by atoms with van der Waals surface area (Å²) < 4.78 is 0.657. The molecule has 1 aromatic rings. The number of carbonyl (C=O) groups is 1. The summed E-state index contributed by atoms with van der Waals surface area (Å²) >= 11 is 6.54. The molecule has 0 bridgehead atoms. The summed E-state index contributed by atoms with van der Waals surface area (Å²) in [5.41, 5.74) is 0.928. The fraction of sp³-hybridized carbons (Fsp3) is 0.273. The normalized spacial score (nSPS) is 18.8. The zero-order chi connectivity index (χ0) is 11.5. The molecule has 1 N–H and O–H groups in total. The maximum Gasteiger partial charge on any atom is 0.266 e. The van der Waals surface area contributed by atoms with Crippen molar-refractivity contribution in [3.05, 3.63) is 28.9 Å². The van der Waals surface area contributed by atoms with Crippen molar-refractivity contribution in [2.45, 2.75) is 13.3 Å². The molecule has 2 rings (SSSR count). The third-order valence-corrected chi connectivity index (χ3v) is 3.61. The van der Waals surface area contributed by atoms with Crippen LogP contribution in [0.4, 0.5) is 0 Å². The molecule has 1 saturated heterocycles. The van der Waals surface area contributed by atoms with E-state index in [1.165, 1.54) is 11.8 Å². The first-order chi connectivity index (χ1) is 7.72. The molecular formula is C11H12N2OS2. The molecule has 16 heavy (non-hydrogen) atoms. The molecule has 0 aromatic carbocycles. The maximum atomic E-state index is 12.0. The fourth-order valence-electron chi connectivity index (χ4n) is 1.49. The third-order valence-electron chi connectivity index (χ3n) is 2.23. The minimum absolute atomic E-state index is 0.0199. The summed E-state index contributed by atoms with van der Waals surface area (Å²) in [7, 11) is 0. The van der Waals surface area contributed by atoms with Crippen molar-refractivity contribution in [3.63, 3.8) is 0 Å². The Hall–Kier alpha value is -1.07. The molecule has 0 aliphatic carbocycles. The summed E-state index contributed by atoms with van der Waals surface area (Å²) in [6.45, 7) is 2.74. The molecule has 0 spiro atoms. The molecule has 0 radical (unpaired) electrons. The van der Waals surface area contributed by atoms with E-state index in [1.807, 2.05) is 31.3 Å². The first kappa shape index (κ1) is 11.4. The van der Waals surface area contributed by atoms with Crippen LogP contribution in [0.1, 0.15) is 19.0 Å². The van der Waals surface area contributed by atoms with Crippen molar-refractivity contribution in [2.75, 3.05) is 6.54 Å². The molecule has 2 heterocycles. The second-order valence-corrected chi connectivity index (χ2v) is 5.13. The molecule has 5 heteroatoms. The molecule has 0 atom stereocenters. The molecule has 1 amide bonds. The Balaban J connectivity index is 2.20. The lowest BCUT2D eigenvalue weighted by molar-refractivity contribution is -0.122. The summed E-state index contributed by atoms with van der Waals surface area (Å²) in [6.07, 6.45) is 4.59. The highest BCUT2D eigenvalue weighted by molar-refractivity contribution is 8.26. The summed E-state index contributed by atoms with van der Waals surface area (Å²) in [6, 6.07) is 3.82. The molecule has 1 aromatic heterocycles. The number of nitrogens with zero attached hydrogens (tertiary/aromatic N) is 1. The number of aromatic nitrogens is 1. The van der Waals surface area contributed by atoms with Gasteiger partial charge in [-0.3, -0.25) is 9.69 Å². The molecular weight excluding hydrogens is 240 g/mol. The highest BCUT2D eigenvalue weighted by Gasteiger charge is 2.31. The van der Waals surface area contributed by atoms with Crippen molar-refractivity contribution in [2.24, 2.45) is 0 Å². The Morgan fingerprint density at radius 2 is 2.44 bits per heavy atom. The Bertz CT molecular complexity index is 437. The molecule has 0 saturated carbocycles. The number of hydrogen-bond donors (Lipinski definition) is 1. The monoisotopic (exact) mass is 252 g/mol. The second-order valence-electron chi connectivity index (χ2n) is 3.46. The lowest BCUT2D eigenvalue weighted by atomic mass is 10.3. The van der Waals surface area contributed by atoms with Gasteiger partial charge in [0.15, 0.2) is 0 Å². The van der Waals surface area contributed by atoms with Crippen molar-refractivity contribution < 1.29 is 4.79 Å². The smallest absolute Gasteiger partial charge is 0.266 e. The molecule has 1 aliphatic rings. The number of H-pyrrole nitrogens is 1.